The highest BCUT2D eigenvalue weighted by molar-refractivity contribution is 5.87. The fraction of sp³-hybridized carbons (Fsp3) is 0. The molecule has 0 bridgehead atoms. The summed E-state index contributed by atoms with van der Waals surface area (Å²) in [5.41, 5.74) is 11.8. The molecule has 8 aromatic carbocycles. The summed E-state index contributed by atoms with van der Waals surface area (Å²) in [7, 11) is 0. The van der Waals surface area contributed by atoms with Gasteiger partial charge in [0.2, 0.25) is 0 Å². The van der Waals surface area contributed by atoms with Gasteiger partial charge in [-0.2, -0.15) is 5.26 Å². The van der Waals surface area contributed by atoms with E-state index in [9.17, 15) is 5.26 Å². The molecular weight excluding hydrogens is 759 g/mol. The molecule has 0 spiro atoms. The predicted octanol–water partition coefficient (Wildman–Crippen LogP) is 12.9. The summed E-state index contributed by atoms with van der Waals surface area (Å²) in [6.07, 6.45) is 0. The Balaban J connectivity index is 1.14. The zero-order valence-corrected chi connectivity index (χ0v) is 33.3. The van der Waals surface area contributed by atoms with E-state index in [4.69, 9.17) is 29.9 Å². The maximum atomic E-state index is 9.49. The number of nitriles is 1. The molecule has 7 heteroatoms. The molecule has 0 fully saturated rings. The molecule has 2 aromatic heterocycles. The van der Waals surface area contributed by atoms with Crippen molar-refractivity contribution in [3.63, 3.8) is 0 Å². The summed E-state index contributed by atoms with van der Waals surface area (Å²) >= 11 is 0. The number of benzene rings is 8. The van der Waals surface area contributed by atoms with Crippen LogP contribution in [0.5, 0.6) is 0 Å². The third-order valence-corrected chi connectivity index (χ3v) is 10.7. The highest BCUT2D eigenvalue weighted by atomic mass is 15.0. The molecule has 10 rings (SSSR count). The van der Waals surface area contributed by atoms with Crippen LogP contribution in [-0.2, 0) is 0 Å². The van der Waals surface area contributed by atoms with Crippen LogP contribution in [0.1, 0.15) is 5.56 Å². The monoisotopic (exact) mass is 793 g/mol. The van der Waals surface area contributed by atoms with Crippen molar-refractivity contribution in [1.29, 1.82) is 5.26 Å². The Morgan fingerprint density at radius 2 is 0.597 bits per heavy atom. The van der Waals surface area contributed by atoms with Crippen LogP contribution in [0.25, 0.3) is 102 Å². The maximum Gasteiger partial charge on any atom is 0.164 e. The van der Waals surface area contributed by atoms with Crippen molar-refractivity contribution in [3.05, 3.63) is 218 Å². The second-order valence-corrected chi connectivity index (χ2v) is 14.7. The summed E-state index contributed by atoms with van der Waals surface area (Å²) < 4.78 is 0. The highest BCUT2D eigenvalue weighted by Gasteiger charge is 2.20. The summed E-state index contributed by atoms with van der Waals surface area (Å²) in [6.45, 7) is 0. The van der Waals surface area contributed by atoms with Crippen molar-refractivity contribution in [2.45, 2.75) is 0 Å². The van der Waals surface area contributed by atoms with Gasteiger partial charge in [-0.1, -0.05) is 188 Å². The SMILES string of the molecule is N#Cc1ccc(-c2ccccc2-c2nc(-c3ccccc3)nc(-c3cc(-c4cccc(-c5nc(-c6ccccc6)nc(-c6ccccc6)n5)c4)ccc3-c3ccccc3)n2)cc1. The van der Waals surface area contributed by atoms with E-state index >= 15 is 0 Å². The topological polar surface area (TPSA) is 101 Å². The summed E-state index contributed by atoms with van der Waals surface area (Å²) in [5, 5.41) is 9.49. The van der Waals surface area contributed by atoms with Crippen molar-refractivity contribution in [2.75, 3.05) is 0 Å². The van der Waals surface area contributed by atoms with Crippen LogP contribution in [0.4, 0.5) is 0 Å². The van der Waals surface area contributed by atoms with Gasteiger partial charge < -0.3 is 0 Å². The lowest BCUT2D eigenvalue weighted by Crippen LogP contribution is -2.02. The second-order valence-electron chi connectivity index (χ2n) is 14.7. The van der Waals surface area contributed by atoms with Crippen molar-refractivity contribution in [1.82, 2.24) is 29.9 Å². The number of hydrogen-bond acceptors (Lipinski definition) is 7. The predicted molar refractivity (Wildman–Crippen MR) is 247 cm³/mol. The smallest absolute Gasteiger partial charge is 0.164 e. The van der Waals surface area contributed by atoms with Gasteiger partial charge in [0.05, 0.1) is 11.6 Å². The van der Waals surface area contributed by atoms with Crippen LogP contribution in [-0.4, -0.2) is 29.9 Å². The van der Waals surface area contributed by atoms with Crippen LogP contribution < -0.4 is 0 Å². The average molecular weight is 794 g/mol. The fourth-order valence-electron chi connectivity index (χ4n) is 7.54. The molecule has 290 valence electrons. The number of rotatable bonds is 9. The third-order valence-electron chi connectivity index (χ3n) is 10.7. The van der Waals surface area contributed by atoms with Crippen LogP contribution in [0.2, 0.25) is 0 Å². The van der Waals surface area contributed by atoms with Gasteiger partial charge in [-0.3, -0.25) is 0 Å². The van der Waals surface area contributed by atoms with Gasteiger partial charge in [0.15, 0.2) is 34.9 Å². The number of aromatic nitrogens is 6. The first-order chi connectivity index (χ1) is 30.7. The normalized spacial score (nSPS) is 10.9. The van der Waals surface area contributed by atoms with Crippen LogP contribution >= 0.6 is 0 Å². The average Bonchev–Trinajstić information content (AvgIpc) is 3.37. The highest BCUT2D eigenvalue weighted by Crippen LogP contribution is 2.38. The van der Waals surface area contributed by atoms with Crippen molar-refractivity contribution >= 4 is 0 Å². The van der Waals surface area contributed by atoms with Gasteiger partial charge in [-0.05, 0) is 57.6 Å². The Kier molecular flexibility index (Phi) is 10.2. The Morgan fingerprint density at radius 3 is 1.15 bits per heavy atom. The Bertz CT molecular complexity index is 3160. The lowest BCUT2D eigenvalue weighted by Gasteiger charge is -2.15. The Labute approximate surface area is 359 Å². The van der Waals surface area contributed by atoms with Gasteiger partial charge >= 0.3 is 0 Å². The molecule has 0 unspecified atom stereocenters. The largest absolute Gasteiger partial charge is 0.208 e. The zero-order chi connectivity index (χ0) is 41.7. The summed E-state index contributed by atoms with van der Waals surface area (Å²) in [6, 6.07) is 73.0. The molecule has 0 aliphatic rings. The standard InChI is InChI=1S/C55H35N7/c56-36-37-28-30-39(31-29-37)46-26-13-14-27-48(46)54-60-52(42-22-11-4-12-23-42)61-55(62-54)49-35-44(32-33-47(49)38-16-5-1-6-17-38)43-24-15-25-45(34-43)53-58-50(40-18-7-2-8-19-40)57-51(59-53)41-20-9-3-10-21-41/h1-35H. The van der Waals surface area contributed by atoms with Gasteiger partial charge in [-0.25, -0.2) is 29.9 Å². The summed E-state index contributed by atoms with van der Waals surface area (Å²) in [5.74, 6) is 3.43. The van der Waals surface area contributed by atoms with Gasteiger partial charge in [0.25, 0.3) is 0 Å². The minimum Gasteiger partial charge on any atom is -0.208 e. The lowest BCUT2D eigenvalue weighted by atomic mass is 9.93. The van der Waals surface area contributed by atoms with E-state index in [0.717, 1.165) is 66.8 Å². The maximum absolute atomic E-state index is 9.49. The van der Waals surface area contributed by atoms with Crippen LogP contribution in [0, 0.1) is 11.3 Å². The lowest BCUT2D eigenvalue weighted by molar-refractivity contribution is 1.07. The zero-order valence-electron chi connectivity index (χ0n) is 33.3. The quantitative estimate of drug-likeness (QED) is 0.143. The molecule has 0 saturated heterocycles. The molecular formula is C55H35N7. The van der Waals surface area contributed by atoms with Crippen molar-refractivity contribution in [2.24, 2.45) is 0 Å². The van der Waals surface area contributed by atoms with Crippen molar-refractivity contribution in [3.8, 4) is 108 Å². The van der Waals surface area contributed by atoms with E-state index in [1.54, 1.807) is 0 Å². The minimum atomic E-state index is 0.540. The molecule has 62 heavy (non-hydrogen) atoms. The molecule has 0 amide bonds. The van der Waals surface area contributed by atoms with Crippen LogP contribution in [0.3, 0.4) is 0 Å². The first kappa shape index (κ1) is 37.5. The molecule has 2 heterocycles. The minimum absolute atomic E-state index is 0.540. The van der Waals surface area contributed by atoms with Crippen molar-refractivity contribution < 1.29 is 0 Å². The Morgan fingerprint density at radius 1 is 0.242 bits per heavy atom. The van der Waals surface area contributed by atoms with E-state index in [2.05, 4.69) is 54.6 Å². The van der Waals surface area contributed by atoms with Gasteiger partial charge in [0.1, 0.15) is 0 Å². The summed E-state index contributed by atoms with van der Waals surface area (Å²) in [4.78, 5) is 30.5. The molecule has 0 radical (unpaired) electrons. The Hall–Kier alpha value is -8.73. The van der Waals surface area contributed by atoms with E-state index < -0.39 is 0 Å². The molecule has 0 aliphatic carbocycles. The van der Waals surface area contributed by atoms with Gasteiger partial charge in [0, 0.05) is 33.4 Å². The number of hydrogen-bond donors (Lipinski definition) is 0. The van der Waals surface area contributed by atoms with Crippen LogP contribution in [0.15, 0.2) is 212 Å². The molecule has 10 aromatic rings. The molecule has 0 saturated carbocycles. The van der Waals surface area contributed by atoms with Gasteiger partial charge in [-0.15, -0.1) is 0 Å². The van der Waals surface area contributed by atoms with E-state index in [1.165, 1.54) is 0 Å². The molecule has 7 nitrogen and oxygen atoms in total. The van der Waals surface area contributed by atoms with E-state index in [0.29, 0.717) is 40.5 Å². The fourth-order valence-corrected chi connectivity index (χ4v) is 7.54. The molecule has 0 atom stereocenters. The third kappa shape index (κ3) is 7.75. The molecule has 0 aliphatic heterocycles. The second kappa shape index (κ2) is 16.9. The van der Waals surface area contributed by atoms with E-state index in [-0.39, 0.29) is 0 Å². The first-order valence-corrected chi connectivity index (χ1v) is 20.3. The first-order valence-electron chi connectivity index (χ1n) is 20.3. The molecule has 0 N–H and O–H groups in total. The van der Waals surface area contributed by atoms with E-state index in [1.807, 2.05) is 164 Å². The number of nitrogens with zero attached hydrogens (tertiary/aromatic N) is 7.